The summed E-state index contributed by atoms with van der Waals surface area (Å²) in [5.41, 5.74) is -0.0845. The maximum absolute atomic E-state index is 13.1. The quantitative estimate of drug-likeness (QED) is 0.806. The normalized spacial score (nSPS) is 11.0. The summed E-state index contributed by atoms with van der Waals surface area (Å²) in [6.07, 6.45) is 1.49. The van der Waals surface area contributed by atoms with Crippen molar-refractivity contribution in [2.45, 2.75) is 32.9 Å². The number of pyridine rings is 1. The minimum absolute atomic E-state index is 0.0780. The Kier molecular flexibility index (Phi) is 3.82. The van der Waals surface area contributed by atoms with Gasteiger partial charge in [0.25, 0.3) is 0 Å². The minimum Gasteiger partial charge on any atom is -0.334 e. The molecule has 1 aromatic rings. The molecular weight excluding hydrogens is 209 g/mol. The van der Waals surface area contributed by atoms with Crippen LogP contribution in [0.15, 0.2) is 18.3 Å². The van der Waals surface area contributed by atoms with Crippen LogP contribution in [0, 0.1) is 5.82 Å². The molecule has 0 aromatic carbocycles. The fourth-order valence-electron chi connectivity index (χ4n) is 1.10. The van der Waals surface area contributed by atoms with Crippen molar-refractivity contribution in [3.63, 3.8) is 0 Å². The van der Waals surface area contributed by atoms with Gasteiger partial charge in [-0.15, -0.1) is 0 Å². The van der Waals surface area contributed by atoms with Gasteiger partial charge in [-0.1, -0.05) is 0 Å². The van der Waals surface area contributed by atoms with E-state index in [9.17, 15) is 9.18 Å². The Morgan fingerprint density at radius 3 is 2.75 bits per heavy atom. The minimum atomic E-state index is -0.418. The third-order valence-corrected chi connectivity index (χ3v) is 1.74. The largest absolute Gasteiger partial charge is 0.334 e. The predicted octanol–water partition coefficient (Wildman–Crippen LogP) is 1.82. The molecule has 4 nitrogen and oxygen atoms in total. The second-order valence-corrected chi connectivity index (χ2v) is 4.49. The molecular formula is C11H16FN3O. The topological polar surface area (TPSA) is 54.0 Å². The summed E-state index contributed by atoms with van der Waals surface area (Å²) >= 11 is 0. The first-order chi connectivity index (χ1) is 7.38. The number of carbonyl (C=O) groups excluding carboxylic acids is 1. The van der Waals surface area contributed by atoms with Crippen LogP contribution >= 0.6 is 0 Å². The van der Waals surface area contributed by atoms with E-state index in [1.165, 1.54) is 18.3 Å². The highest BCUT2D eigenvalue weighted by Gasteiger charge is 2.13. The molecule has 0 aliphatic rings. The fraction of sp³-hybridized carbons (Fsp3) is 0.455. The third-order valence-electron chi connectivity index (χ3n) is 1.74. The van der Waals surface area contributed by atoms with Crippen molar-refractivity contribution in [2.24, 2.45) is 0 Å². The zero-order valence-electron chi connectivity index (χ0n) is 9.67. The highest BCUT2D eigenvalue weighted by atomic mass is 19.1. The molecule has 1 rings (SSSR count). The summed E-state index contributed by atoms with van der Waals surface area (Å²) in [5.74, 6) is -0.418. The van der Waals surface area contributed by atoms with Crippen LogP contribution in [-0.2, 0) is 6.54 Å². The van der Waals surface area contributed by atoms with E-state index in [0.29, 0.717) is 0 Å². The lowest BCUT2D eigenvalue weighted by molar-refractivity contribution is 0.231. The standard InChI is InChI=1S/C11H16FN3O/c1-11(2,3)15-10(16)14-7-9-8(12)5-4-6-13-9/h4-6H,7H2,1-3H3,(H2,14,15,16). The molecule has 0 fully saturated rings. The first-order valence-electron chi connectivity index (χ1n) is 5.04. The Bertz CT molecular complexity index is 374. The van der Waals surface area contributed by atoms with Gasteiger partial charge < -0.3 is 10.6 Å². The lowest BCUT2D eigenvalue weighted by atomic mass is 10.1. The van der Waals surface area contributed by atoms with E-state index in [0.717, 1.165) is 0 Å². The van der Waals surface area contributed by atoms with Gasteiger partial charge in [0.2, 0.25) is 0 Å². The van der Waals surface area contributed by atoms with Crippen molar-refractivity contribution < 1.29 is 9.18 Å². The molecule has 0 aliphatic carbocycles. The average molecular weight is 225 g/mol. The number of hydrogen-bond acceptors (Lipinski definition) is 2. The molecule has 0 aliphatic heterocycles. The summed E-state index contributed by atoms with van der Waals surface area (Å²) < 4.78 is 13.1. The van der Waals surface area contributed by atoms with Gasteiger partial charge in [-0.25, -0.2) is 9.18 Å². The summed E-state index contributed by atoms with van der Waals surface area (Å²) in [6, 6.07) is 2.48. The lowest BCUT2D eigenvalue weighted by Crippen LogP contribution is -2.46. The van der Waals surface area contributed by atoms with Crippen LogP contribution in [0.4, 0.5) is 9.18 Å². The molecule has 0 unspecified atom stereocenters. The maximum atomic E-state index is 13.1. The number of nitrogens with one attached hydrogen (secondary N) is 2. The van der Waals surface area contributed by atoms with Gasteiger partial charge in [0.05, 0.1) is 12.2 Å². The number of rotatable bonds is 2. The van der Waals surface area contributed by atoms with Gasteiger partial charge in [0, 0.05) is 11.7 Å². The van der Waals surface area contributed by atoms with Gasteiger partial charge in [-0.2, -0.15) is 0 Å². The Morgan fingerprint density at radius 2 is 2.19 bits per heavy atom. The zero-order valence-corrected chi connectivity index (χ0v) is 9.67. The van der Waals surface area contributed by atoms with Gasteiger partial charge in [-0.05, 0) is 32.9 Å². The Labute approximate surface area is 94.3 Å². The van der Waals surface area contributed by atoms with Crippen LogP contribution in [0.2, 0.25) is 0 Å². The zero-order chi connectivity index (χ0) is 12.2. The van der Waals surface area contributed by atoms with Crippen molar-refractivity contribution >= 4 is 6.03 Å². The summed E-state index contributed by atoms with van der Waals surface area (Å²) in [6.45, 7) is 5.68. The van der Waals surface area contributed by atoms with E-state index in [1.807, 2.05) is 20.8 Å². The number of aromatic nitrogens is 1. The van der Waals surface area contributed by atoms with E-state index in [2.05, 4.69) is 15.6 Å². The Hall–Kier alpha value is -1.65. The highest BCUT2D eigenvalue weighted by molar-refractivity contribution is 5.74. The van der Waals surface area contributed by atoms with Gasteiger partial charge >= 0.3 is 6.03 Å². The SMILES string of the molecule is CC(C)(C)NC(=O)NCc1ncccc1F. The Balaban J connectivity index is 2.47. The van der Waals surface area contributed by atoms with E-state index in [1.54, 1.807) is 0 Å². The van der Waals surface area contributed by atoms with Crippen LogP contribution in [0.3, 0.4) is 0 Å². The molecule has 0 atom stereocenters. The molecule has 0 spiro atoms. The number of halogens is 1. The lowest BCUT2D eigenvalue weighted by Gasteiger charge is -2.20. The molecule has 5 heteroatoms. The average Bonchev–Trinajstić information content (AvgIpc) is 2.14. The van der Waals surface area contributed by atoms with E-state index in [-0.39, 0.29) is 23.8 Å². The van der Waals surface area contributed by atoms with Crippen LogP contribution in [-0.4, -0.2) is 16.6 Å². The van der Waals surface area contributed by atoms with Crippen molar-refractivity contribution in [1.82, 2.24) is 15.6 Å². The summed E-state index contributed by atoms with van der Waals surface area (Å²) in [5, 5.41) is 5.25. The van der Waals surface area contributed by atoms with Crippen LogP contribution < -0.4 is 10.6 Å². The molecule has 0 radical (unpaired) electrons. The molecule has 0 saturated carbocycles. The highest BCUT2D eigenvalue weighted by Crippen LogP contribution is 2.02. The van der Waals surface area contributed by atoms with E-state index in [4.69, 9.17) is 0 Å². The monoisotopic (exact) mass is 225 g/mol. The van der Waals surface area contributed by atoms with Crippen LogP contribution in [0.5, 0.6) is 0 Å². The molecule has 0 bridgehead atoms. The number of nitrogens with zero attached hydrogens (tertiary/aromatic N) is 1. The van der Waals surface area contributed by atoms with E-state index < -0.39 is 5.82 Å². The summed E-state index contributed by atoms with van der Waals surface area (Å²) in [4.78, 5) is 15.2. The first-order valence-corrected chi connectivity index (χ1v) is 5.04. The molecule has 0 saturated heterocycles. The first kappa shape index (κ1) is 12.4. The number of carbonyl (C=O) groups is 1. The van der Waals surface area contributed by atoms with Crippen molar-refractivity contribution in [1.29, 1.82) is 0 Å². The van der Waals surface area contributed by atoms with Crippen molar-refractivity contribution in [2.75, 3.05) is 0 Å². The van der Waals surface area contributed by atoms with Gasteiger partial charge in [0.1, 0.15) is 5.82 Å². The Morgan fingerprint density at radius 1 is 1.50 bits per heavy atom. The van der Waals surface area contributed by atoms with Crippen molar-refractivity contribution in [3.05, 3.63) is 29.8 Å². The molecule has 16 heavy (non-hydrogen) atoms. The second-order valence-electron chi connectivity index (χ2n) is 4.49. The molecule has 2 N–H and O–H groups in total. The maximum Gasteiger partial charge on any atom is 0.315 e. The third kappa shape index (κ3) is 4.25. The van der Waals surface area contributed by atoms with Gasteiger partial charge in [-0.3, -0.25) is 4.98 Å². The molecule has 88 valence electrons. The van der Waals surface area contributed by atoms with Crippen molar-refractivity contribution in [3.8, 4) is 0 Å². The number of hydrogen-bond donors (Lipinski definition) is 2. The van der Waals surface area contributed by atoms with Crippen LogP contribution in [0.1, 0.15) is 26.5 Å². The molecule has 1 heterocycles. The second kappa shape index (κ2) is 4.92. The number of amides is 2. The molecule has 1 aromatic heterocycles. The fourth-order valence-corrected chi connectivity index (χ4v) is 1.10. The van der Waals surface area contributed by atoms with Gasteiger partial charge in [0.15, 0.2) is 0 Å². The van der Waals surface area contributed by atoms with E-state index >= 15 is 0 Å². The predicted molar refractivity (Wildman–Crippen MR) is 59.3 cm³/mol. The van der Waals surface area contributed by atoms with Crippen LogP contribution in [0.25, 0.3) is 0 Å². The summed E-state index contributed by atoms with van der Waals surface area (Å²) in [7, 11) is 0. The molecule has 2 amide bonds. The smallest absolute Gasteiger partial charge is 0.315 e. The number of urea groups is 1.